The fourth-order valence-electron chi connectivity index (χ4n) is 2.12. The van der Waals surface area contributed by atoms with Crippen molar-refractivity contribution in [2.75, 3.05) is 0 Å². The van der Waals surface area contributed by atoms with E-state index in [-0.39, 0.29) is 11.4 Å². The van der Waals surface area contributed by atoms with Gasteiger partial charge in [0.1, 0.15) is 17.2 Å². The number of benzene rings is 2. The Morgan fingerprint density at radius 3 is 2.59 bits per heavy atom. The van der Waals surface area contributed by atoms with Crippen molar-refractivity contribution in [3.8, 4) is 17.2 Å². The number of aromatic nitrogens is 1. The third-order valence-electron chi connectivity index (χ3n) is 3.29. The van der Waals surface area contributed by atoms with Crippen LogP contribution >= 0.6 is 0 Å². The molecule has 0 radical (unpaired) electrons. The maximum Gasteiger partial charge on any atom is 0.269 e. The summed E-state index contributed by atoms with van der Waals surface area (Å²) in [5.74, 6) is 1.23. The number of pyridine rings is 1. The lowest BCUT2D eigenvalue weighted by molar-refractivity contribution is -0.384. The Bertz CT molecular complexity index is 860. The van der Waals surface area contributed by atoms with Gasteiger partial charge in [0, 0.05) is 29.8 Å². The van der Waals surface area contributed by atoms with Gasteiger partial charge in [0.25, 0.3) is 5.69 Å². The van der Waals surface area contributed by atoms with E-state index in [1.807, 2.05) is 0 Å². The highest BCUT2D eigenvalue weighted by Gasteiger charge is 2.09. The van der Waals surface area contributed by atoms with Crippen LogP contribution in [0.1, 0.15) is 5.56 Å². The van der Waals surface area contributed by atoms with Crippen LogP contribution in [0.3, 0.4) is 0 Å². The van der Waals surface area contributed by atoms with E-state index >= 15 is 0 Å². The molecule has 0 aliphatic rings. The highest BCUT2D eigenvalue weighted by atomic mass is 16.6. The number of ether oxygens (including phenoxy) is 1. The summed E-state index contributed by atoms with van der Waals surface area (Å²) >= 11 is 0. The van der Waals surface area contributed by atoms with E-state index in [1.54, 1.807) is 31.3 Å². The first-order valence-corrected chi connectivity index (χ1v) is 6.55. The predicted molar refractivity (Wildman–Crippen MR) is 81.3 cm³/mol. The molecule has 3 rings (SSSR count). The fraction of sp³-hybridized carbons (Fsp3) is 0.0625. The number of aromatic hydroxyl groups is 1. The van der Waals surface area contributed by atoms with Crippen molar-refractivity contribution in [3.05, 3.63) is 64.3 Å². The van der Waals surface area contributed by atoms with Gasteiger partial charge in [-0.3, -0.25) is 15.1 Å². The van der Waals surface area contributed by atoms with Gasteiger partial charge in [-0.1, -0.05) is 0 Å². The van der Waals surface area contributed by atoms with Gasteiger partial charge in [0.2, 0.25) is 0 Å². The average molecular weight is 296 g/mol. The molecule has 6 nitrogen and oxygen atoms in total. The largest absolute Gasteiger partial charge is 0.508 e. The van der Waals surface area contributed by atoms with E-state index in [1.165, 1.54) is 24.3 Å². The van der Waals surface area contributed by atoms with Crippen molar-refractivity contribution in [2.45, 2.75) is 6.92 Å². The summed E-state index contributed by atoms with van der Waals surface area (Å²) in [6.45, 7) is 1.79. The Morgan fingerprint density at radius 2 is 1.91 bits per heavy atom. The average Bonchev–Trinajstić information content (AvgIpc) is 2.50. The van der Waals surface area contributed by atoms with E-state index in [2.05, 4.69) is 4.98 Å². The van der Waals surface area contributed by atoms with Gasteiger partial charge >= 0.3 is 0 Å². The Morgan fingerprint density at radius 1 is 1.18 bits per heavy atom. The molecule has 0 bridgehead atoms. The quantitative estimate of drug-likeness (QED) is 0.584. The summed E-state index contributed by atoms with van der Waals surface area (Å²) in [5.41, 5.74) is 1.34. The van der Waals surface area contributed by atoms with Crippen LogP contribution in [0.4, 0.5) is 5.69 Å². The van der Waals surface area contributed by atoms with Crippen molar-refractivity contribution >= 4 is 16.6 Å². The molecule has 0 aliphatic carbocycles. The van der Waals surface area contributed by atoms with Crippen molar-refractivity contribution in [1.29, 1.82) is 0 Å². The van der Waals surface area contributed by atoms with Gasteiger partial charge in [-0.15, -0.1) is 0 Å². The lowest BCUT2D eigenvalue weighted by Crippen LogP contribution is -1.90. The van der Waals surface area contributed by atoms with Crippen LogP contribution in [0, 0.1) is 17.0 Å². The zero-order chi connectivity index (χ0) is 15.7. The van der Waals surface area contributed by atoms with Crippen molar-refractivity contribution in [2.24, 2.45) is 0 Å². The number of phenols is 1. The van der Waals surface area contributed by atoms with Crippen LogP contribution in [0.25, 0.3) is 10.9 Å². The number of aryl methyl sites for hydroxylation is 1. The lowest BCUT2D eigenvalue weighted by atomic mass is 10.1. The van der Waals surface area contributed by atoms with Gasteiger partial charge in [-0.25, -0.2) is 0 Å². The molecule has 6 heteroatoms. The molecule has 3 aromatic rings. The lowest BCUT2D eigenvalue weighted by Gasteiger charge is -2.09. The molecule has 110 valence electrons. The molecule has 0 amide bonds. The minimum absolute atomic E-state index is 0.00713. The number of nitro benzene ring substituents is 1. The number of fused-ring (bicyclic) bond motifs is 1. The Kier molecular flexibility index (Phi) is 3.34. The Balaban J connectivity index is 2.00. The first kappa shape index (κ1) is 13.8. The smallest absolute Gasteiger partial charge is 0.269 e. The highest BCUT2D eigenvalue weighted by molar-refractivity contribution is 5.87. The predicted octanol–water partition coefficient (Wildman–Crippen LogP) is 3.95. The zero-order valence-electron chi connectivity index (χ0n) is 11.7. The molecule has 2 aromatic carbocycles. The molecule has 1 N–H and O–H groups in total. The third kappa shape index (κ3) is 2.54. The molecular weight excluding hydrogens is 284 g/mol. The zero-order valence-corrected chi connectivity index (χ0v) is 11.7. The minimum Gasteiger partial charge on any atom is -0.508 e. The van der Waals surface area contributed by atoms with Crippen LogP contribution < -0.4 is 4.74 Å². The number of non-ortho nitro benzene ring substituents is 1. The second-order valence-electron chi connectivity index (χ2n) is 4.82. The van der Waals surface area contributed by atoms with E-state index in [0.717, 1.165) is 5.39 Å². The van der Waals surface area contributed by atoms with Gasteiger partial charge in [-0.2, -0.15) is 0 Å². The van der Waals surface area contributed by atoms with E-state index < -0.39 is 4.92 Å². The van der Waals surface area contributed by atoms with Crippen LogP contribution in [-0.4, -0.2) is 15.0 Å². The maximum atomic E-state index is 10.6. The van der Waals surface area contributed by atoms with Crippen LogP contribution in [-0.2, 0) is 0 Å². The third-order valence-corrected chi connectivity index (χ3v) is 3.29. The van der Waals surface area contributed by atoms with Gasteiger partial charge < -0.3 is 9.84 Å². The standard InChI is InChI=1S/C16H12N2O4/c1-10-8-13-14(9-15(10)19)17-7-6-16(13)22-12-4-2-11(3-5-12)18(20)21/h2-9,19H,1H3. The SMILES string of the molecule is Cc1cc2c(Oc3ccc([N+](=O)[O-])cc3)ccnc2cc1O. The second-order valence-corrected chi connectivity index (χ2v) is 4.82. The van der Waals surface area contributed by atoms with Crippen LogP contribution in [0.2, 0.25) is 0 Å². The summed E-state index contributed by atoms with van der Waals surface area (Å²) in [6.07, 6.45) is 1.58. The number of nitrogens with zero attached hydrogens (tertiary/aromatic N) is 2. The normalized spacial score (nSPS) is 10.6. The molecule has 22 heavy (non-hydrogen) atoms. The van der Waals surface area contributed by atoms with Gasteiger partial charge in [-0.05, 0) is 36.8 Å². The molecule has 0 aliphatic heterocycles. The minimum atomic E-state index is -0.461. The number of nitro groups is 1. The molecule has 0 unspecified atom stereocenters. The summed E-state index contributed by atoms with van der Waals surface area (Å²) in [7, 11) is 0. The number of phenolic OH excluding ortho intramolecular Hbond substituents is 1. The van der Waals surface area contributed by atoms with Crippen molar-refractivity contribution in [1.82, 2.24) is 4.98 Å². The number of hydrogen-bond acceptors (Lipinski definition) is 5. The molecule has 0 saturated carbocycles. The maximum absolute atomic E-state index is 10.6. The molecular formula is C16H12N2O4. The van der Waals surface area contributed by atoms with Gasteiger partial charge in [0.05, 0.1) is 10.4 Å². The summed E-state index contributed by atoms with van der Waals surface area (Å²) in [6, 6.07) is 10.9. The topological polar surface area (TPSA) is 85.5 Å². The summed E-state index contributed by atoms with van der Waals surface area (Å²) in [4.78, 5) is 14.4. The Hall–Kier alpha value is -3.15. The first-order valence-electron chi connectivity index (χ1n) is 6.55. The van der Waals surface area contributed by atoms with E-state index in [4.69, 9.17) is 4.74 Å². The van der Waals surface area contributed by atoms with Crippen LogP contribution in [0.15, 0.2) is 48.7 Å². The monoisotopic (exact) mass is 296 g/mol. The number of rotatable bonds is 3. The van der Waals surface area contributed by atoms with E-state index in [9.17, 15) is 15.2 Å². The molecule has 0 spiro atoms. The molecule has 1 aromatic heterocycles. The second kappa shape index (κ2) is 5.33. The van der Waals surface area contributed by atoms with E-state index in [0.29, 0.717) is 22.6 Å². The number of hydrogen-bond donors (Lipinski definition) is 1. The van der Waals surface area contributed by atoms with Crippen molar-refractivity contribution in [3.63, 3.8) is 0 Å². The molecule has 1 heterocycles. The first-order chi connectivity index (χ1) is 10.5. The molecule has 0 saturated heterocycles. The Labute approximate surface area is 125 Å². The van der Waals surface area contributed by atoms with Crippen LogP contribution in [0.5, 0.6) is 17.2 Å². The summed E-state index contributed by atoms with van der Waals surface area (Å²) < 4.78 is 5.78. The highest BCUT2D eigenvalue weighted by Crippen LogP contribution is 2.32. The van der Waals surface area contributed by atoms with Gasteiger partial charge in [0.15, 0.2) is 0 Å². The summed E-state index contributed by atoms with van der Waals surface area (Å²) in [5, 5.41) is 21.1. The molecule has 0 atom stereocenters. The van der Waals surface area contributed by atoms with Crippen molar-refractivity contribution < 1.29 is 14.8 Å². The molecule has 0 fully saturated rings. The fourth-order valence-corrected chi connectivity index (χ4v) is 2.12.